The third kappa shape index (κ3) is 3.96. The van der Waals surface area contributed by atoms with Gasteiger partial charge in [-0.25, -0.2) is 4.98 Å². The van der Waals surface area contributed by atoms with Crippen LogP contribution < -0.4 is 5.32 Å². The number of carbonyl (C=O) groups excluding carboxylic acids is 1. The van der Waals surface area contributed by atoms with Gasteiger partial charge >= 0.3 is 0 Å². The number of aliphatic hydroxyl groups is 1. The summed E-state index contributed by atoms with van der Waals surface area (Å²) in [5.41, 5.74) is 1.37. The number of amides is 1. The van der Waals surface area contributed by atoms with E-state index in [0.29, 0.717) is 24.3 Å². The van der Waals surface area contributed by atoms with Crippen molar-refractivity contribution in [1.29, 1.82) is 0 Å². The molecule has 1 aromatic carbocycles. The molecule has 1 heterocycles. The van der Waals surface area contributed by atoms with Crippen LogP contribution in [0.3, 0.4) is 0 Å². The van der Waals surface area contributed by atoms with Gasteiger partial charge in [0.25, 0.3) is 0 Å². The van der Waals surface area contributed by atoms with Crippen LogP contribution in [-0.2, 0) is 4.79 Å². The molecule has 2 aromatic rings. The van der Waals surface area contributed by atoms with Gasteiger partial charge in [0.05, 0.1) is 6.04 Å². The molecule has 2 unspecified atom stereocenters. The molecule has 0 saturated heterocycles. The van der Waals surface area contributed by atoms with E-state index in [-0.39, 0.29) is 17.8 Å². The lowest BCUT2D eigenvalue weighted by Crippen LogP contribution is -2.39. The third-order valence-electron chi connectivity index (χ3n) is 4.93. The molecule has 5 nitrogen and oxygen atoms in total. The molecule has 1 saturated carbocycles. The molecule has 1 aromatic heterocycles. The average molecular weight is 330 g/mol. The molecule has 1 aliphatic rings. The number of nitrogens with one attached hydrogen (secondary N) is 1. The molecule has 2 N–H and O–H groups in total. The number of carbonyl (C=O) groups is 1. The van der Waals surface area contributed by atoms with E-state index in [0.717, 1.165) is 18.4 Å². The van der Waals surface area contributed by atoms with Gasteiger partial charge in [0.1, 0.15) is 5.52 Å². The highest BCUT2D eigenvalue weighted by atomic mass is 16.4. The first-order chi connectivity index (χ1) is 11.7. The highest BCUT2D eigenvalue weighted by Gasteiger charge is 2.27. The second kappa shape index (κ2) is 7.79. The van der Waals surface area contributed by atoms with Gasteiger partial charge in [-0.05, 0) is 37.3 Å². The predicted molar refractivity (Wildman–Crippen MR) is 92.4 cm³/mol. The largest absolute Gasteiger partial charge is 0.438 e. The summed E-state index contributed by atoms with van der Waals surface area (Å²) in [6, 6.07) is 7.03. The van der Waals surface area contributed by atoms with Crippen LogP contribution in [0.15, 0.2) is 28.7 Å². The molecule has 1 fully saturated rings. The van der Waals surface area contributed by atoms with Crippen LogP contribution >= 0.6 is 0 Å². The first-order valence-electron chi connectivity index (χ1n) is 9.00. The van der Waals surface area contributed by atoms with Crippen molar-refractivity contribution in [3.8, 4) is 0 Å². The zero-order chi connectivity index (χ0) is 16.9. The zero-order valence-electron chi connectivity index (χ0n) is 14.2. The first-order valence-corrected chi connectivity index (χ1v) is 9.00. The molecular weight excluding hydrogens is 304 g/mol. The topological polar surface area (TPSA) is 75.4 Å². The number of hydrogen-bond donors (Lipinski definition) is 2. The predicted octanol–water partition coefficient (Wildman–Crippen LogP) is 3.73. The summed E-state index contributed by atoms with van der Waals surface area (Å²) in [7, 11) is 0. The summed E-state index contributed by atoms with van der Waals surface area (Å²) in [6.07, 6.45) is 6.24. The third-order valence-corrected chi connectivity index (χ3v) is 4.93. The SMILES string of the molecule is CCC(NC(=O)CC1CCCCC1)C(O)c1nc2ccccc2o1. The van der Waals surface area contributed by atoms with E-state index in [1.54, 1.807) is 0 Å². The number of fused-ring (bicyclic) bond motifs is 1. The van der Waals surface area contributed by atoms with E-state index in [1.807, 2.05) is 31.2 Å². The molecule has 0 aliphatic heterocycles. The van der Waals surface area contributed by atoms with E-state index >= 15 is 0 Å². The number of rotatable bonds is 6. The Kier molecular flexibility index (Phi) is 5.51. The van der Waals surface area contributed by atoms with Crippen LogP contribution in [0.5, 0.6) is 0 Å². The standard InChI is InChI=1S/C19H26N2O3/c1-2-14(20-17(22)12-13-8-4-3-5-9-13)18(23)19-21-15-10-6-7-11-16(15)24-19/h6-7,10-11,13-14,18,23H,2-5,8-9,12H2,1H3,(H,20,22). The van der Waals surface area contributed by atoms with Crippen molar-refractivity contribution < 1.29 is 14.3 Å². The first kappa shape index (κ1) is 17.0. The number of aromatic nitrogens is 1. The van der Waals surface area contributed by atoms with Crippen molar-refractivity contribution in [2.75, 3.05) is 0 Å². The fourth-order valence-corrected chi connectivity index (χ4v) is 3.51. The van der Waals surface area contributed by atoms with Gasteiger partial charge in [0.15, 0.2) is 11.7 Å². The lowest BCUT2D eigenvalue weighted by Gasteiger charge is -2.24. The molecule has 0 spiro atoms. The summed E-state index contributed by atoms with van der Waals surface area (Å²) in [6.45, 7) is 1.94. The van der Waals surface area contributed by atoms with Gasteiger partial charge in [-0.1, -0.05) is 38.3 Å². The molecule has 5 heteroatoms. The minimum absolute atomic E-state index is 0.0175. The van der Waals surface area contributed by atoms with Crippen molar-refractivity contribution >= 4 is 17.0 Å². The monoisotopic (exact) mass is 330 g/mol. The average Bonchev–Trinajstić information content (AvgIpc) is 3.04. The molecule has 0 radical (unpaired) electrons. The fraction of sp³-hybridized carbons (Fsp3) is 0.579. The van der Waals surface area contributed by atoms with Crippen molar-refractivity contribution in [3.63, 3.8) is 0 Å². The number of para-hydroxylation sites is 2. The number of nitrogens with zero attached hydrogens (tertiary/aromatic N) is 1. The Morgan fingerprint density at radius 3 is 2.79 bits per heavy atom. The lowest BCUT2D eigenvalue weighted by molar-refractivity contribution is -0.124. The van der Waals surface area contributed by atoms with Gasteiger partial charge in [-0.15, -0.1) is 0 Å². The normalized spacial score (nSPS) is 18.4. The molecular formula is C19H26N2O3. The van der Waals surface area contributed by atoms with E-state index in [4.69, 9.17) is 4.42 Å². The quantitative estimate of drug-likeness (QED) is 0.846. The van der Waals surface area contributed by atoms with Crippen LogP contribution in [0.1, 0.15) is 63.9 Å². The molecule has 1 amide bonds. The Morgan fingerprint density at radius 2 is 2.08 bits per heavy atom. The van der Waals surface area contributed by atoms with Crippen LogP contribution in [0.25, 0.3) is 11.1 Å². The van der Waals surface area contributed by atoms with Crippen molar-refractivity contribution in [1.82, 2.24) is 10.3 Å². The molecule has 1 aliphatic carbocycles. The van der Waals surface area contributed by atoms with Crippen LogP contribution in [-0.4, -0.2) is 22.0 Å². The maximum absolute atomic E-state index is 12.3. The Bertz CT molecular complexity index is 643. The van der Waals surface area contributed by atoms with Crippen LogP contribution in [0.4, 0.5) is 0 Å². The fourth-order valence-electron chi connectivity index (χ4n) is 3.51. The second-order valence-corrected chi connectivity index (χ2v) is 6.76. The van der Waals surface area contributed by atoms with Crippen molar-refractivity contribution in [2.24, 2.45) is 5.92 Å². The number of aliphatic hydroxyl groups excluding tert-OH is 1. The minimum atomic E-state index is -0.933. The lowest BCUT2D eigenvalue weighted by atomic mass is 9.87. The van der Waals surface area contributed by atoms with Crippen molar-refractivity contribution in [2.45, 2.75) is 64.0 Å². The van der Waals surface area contributed by atoms with Gasteiger partial charge in [-0.3, -0.25) is 4.79 Å². The number of oxazole rings is 1. The molecule has 130 valence electrons. The van der Waals surface area contributed by atoms with E-state index in [1.165, 1.54) is 19.3 Å². The Morgan fingerprint density at radius 1 is 1.33 bits per heavy atom. The summed E-state index contributed by atoms with van der Waals surface area (Å²) in [5, 5.41) is 13.5. The van der Waals surface area contributed by atoms with Crippen molar-refractivity contribution in [3.05, 3.63) is 30.2 Å². The smallest absolute Gasteiger partial charge is 0.226 e. The maximum Gasteiger partial charge on any atom is 0.226 e. The zero-order valence-corrected chi connectivity index (χ0v) is 14.2. The van der Waals surface area contributed by atoms with Gasteiger partial charge < -0.3 is 14.8 Å². The highest BCUT2D eigenvalue weighted by Crippen LogP contribution is 2.27. The summed E-state index contributed by atoms with van der Waals surface area (Å²) in [5.74, 6) is 0.766. The molecule has 24 heavy (non-hydrogen) atoms. The van der Waals surface area contributed by atoms with E-state index < -0.39 is 6.10 Å². The van der Waals surface area contributed by atoms with Gasteiger partial charge in [0.2, 0.25) is 11.8 Å². The Hall–Kier alpha value is -1.88. The second-order valence-electron chi connectivity index (χ2n) is 6.76. The molecule has 3 rings (SSSR count). The van der Waals surface area contributed by atoms with Crippen LogP contribution in [0.2, 0.25) is 0 Å². The number of benzene rings is 1. The molecule has 2 atom stereocenters. The van der Waals surface area contributed by atoms with E-state index in [9.17, 15) is 9.90 Å². The summed E-state index contributed by atoms with van der Waals surface area (Å²) < 4.78 is 5.63. The maximum atomic E-state index is 12.3. The summed E-state index contributed by atoms with van der Waals surface area (Å²) >= 11 is 0. The summed E-state index contributed by atoms with van der Waals surface area (Å²) in [4.78, 5) is 16.7. The molecule has 0 bridgehead atoms. The number of hydrogen-bond acceptors (Lipinski definition) is 4. The Labute approximate surface area is 142 Å². The van der Waals surface area contributed by atoms with Gasteiger partial charge in [-0.2, -0.15) is 0 Å². The minimum Gasteiger partial charge on any atom is -0.438 e. The highest BCUT2D eigenvalue weighted by molar-refractivity contribution is 5.76. The van der Waals surface area contributed by atoms with E-state index in [2.05, 4.69) is 10.3 Å². The Balaban J connectivity index is 1.62. The van der Waals surface area contributed by atoms with Crippen LogP contribution in [0, 0.1) is 5.92 Å². The van der Waals surface area contributed by atoms with Gasteiger partial charge in [0, 0.05) is 6.42 Å².